The van der Waals surface area contributed by atoms with Crippen molar-refractivity contribution in [3.8, 4) is 0 Å². The summed E-state index contributed by atoms with van der Waals surface area (Å²) in [5, 5.41) is 3.51. The summed E-state index contributed by atoms with van der Waals surface area (Å²) in [4.78, 5) is 11.5. The number of hydrogen-bond donors (Lipinski definition) is 1. The largest absolute Gasteiger partial charge is 0.316 e. The van der Waals surface area contributed by atoms with E-state index in [9.17, 15) is 0 Å². The minimum Gasteiger partial charge on any atom is -0.316 e. The lowest BCUT2D eigenvalue weighted by molar-refractivity contribution is 0.219. The van der Waals surface area contributed by atoms with Crippen LogP contribution in [0.5, 0.6) is 0 Å². The second-order valence-electron chi connectivity index (χ2n) is 5.85. The quantitative estimate of drug-likeness (QED) is 0.859. The Balaban J connectivity index is 1.74. The molecule has 0 aliphatic carbocycles. The van der Waals surface area contributed by atoms with E-state index in [4.69, 9.17) is 0 Å². The number of hydrogen-bond acceptors (Lipinski definition) is 4. The summed E-state index contributed by atoms with van der Waals surface area (Å²) >= 11 is 0. The molecule has 3 heterocycles. The molecule has 98 valence electrons. The van der Waals surface area contributed by atoms with Crippen LogP contribution >= 0.6 is 0 Å². The molecule has 2 fully saturated rings. The van der Waals surface area contributed by atoms with E-state index < -0.39 is 0 Å². The maximum absolute atomic E-state index is 4.52. The Bertz CT molecular complexity index is 426. The van der Waals surface area contributed by atoms with Gasteiger partial charge in [0.1, 0.15) is 0 Å². The lowest BCUT2D eigenvalue weighted by atomic mass is 9.86. The zero-order chi connectivity index (χ0) is 12.6. The Hall–Kier alpha value is -1.00. The van der Waals surface area contributed by atoms with Gasteiger partial charge in [-0.25, -0.2) is 0 Å². The van der Waals surface area contributed by atoms with Crippen molar-refractivity contribution in [2.75, 3.05) is 26.2 Å². The highest BCUT2D eigenvalue weighted by atomic mass is 15.2. The van der Waals surface area contributed by atoms with Gasteiger partial charge in [-0.3, -0.25) is 14.9 Å². The molecule has 0 radical (unpaired) electrons. The van der Waals surface area contributed by atoms with Crippen LogP contribution in [0.4, 0.5) is 0 Å². The first-order valence-electron chi connectivity index (χ1n) is 6.92. The molecule has 0 aromatic carbocycles. The topological polar surface area (TPSA) is 41.1 Å². The summed E-state index contributed by atoms with van der Waals surface area (Å²) in [6.07, 6.45) is 6.24. The van der Waals surface area contributed by atoms with Gasteiger partial charge >= 0.3 is 0 Å². The van der Waals surface area contributed by atoms with Crippen LogP contribution in [0.2, 0.25) is 0 Å². The second-order valence-corrected chi connectivity index (χ2v) is 5.85. The van der Waals surface area contributed by atoms with E-state index in [1.54, 1.807) is 6.20 Å². The first-order chi connectivity index (χ1) is 8.70. The molecule has 2 saturated heterocycles. The number of aromatic nitrogens is 2. The van der Waals surface area contributed by atoms with Gasteiger partial charge in [-0.05, 0) is 45.2 Å². The monoisotopic (exact) mass is 246 g/mol. The summed E-state index contributed by atoms with van der Waals surface area (Å²) in [7, 11) is 0. The van der Waals surface area contributed by atoms with Gasteiger partial charge in [-0.2, -0.15) is 0 Å². The van der Waals surface area contributed by atoms with Gasteiger partial charge < -0.3 is 5.32 Å². The predicted octanol–water partition coefficient (Wildman–Crippen LogP) is 1.53. The third-order valence-electron chi connectivity index (χ3n) is 4.66. The van der Waals surface area contributed by atoms with Crippen molar-refractivity contribution in [1.29, 1.82) is 0 Å². The standard InChI is InChI=1S/C14H22N4/c1-11-13(17-7-6-16-11)12(2)18-8-4-14(10-18)3-5-15-9-14/h6-7,12,15H,3-5,8-10H2,1-2H3. The highest BCUT2D eigenvalue weighted by Gasteiger charge is 2.41. The van der Waals surface area contributed by atoms with Gasteiger partial charge in [0.05, 0.1) is 17.4 Å². The number of aryl methyl sites for hydroxylation is 1. The van der Waals surface area contributed by atoms with Crippen LogP contribution in [0.15, 0.2) is 12.4 Å². The Labute approximate surface area is 109 Å². The summed E-state index contributed by atoms with van der Waals surface area (Å²) < 4.78 is 0. The fourth-order valence-electron chi connectivity index (χ4n) is 3.45. The zero-order valence-electron chi connectivity index (χ0n) is 11.3. The number of likely N-dealkylation sites (tertiary alicyclic amines) is 1. The maximum Gasteiger partial charge on any atom is 0.0784 e. The van der Waals surface area contributed by atoms with E-state index in [2.05, 4.69) is 34.0 Å². The van der Waals surface area contributed by atoms with Gasteiger partial charge in [0.15, 0.2) is 0 Å². The van der Waals surface area contributed by atoms with E-state index in [-0.39, 0.29) is 0 Å². The van der Waals surface area contributed by atoms with E-state index >= 15 is 0 Å². The maximum atomic E-state index is 4.52. The first kappa shape index (κ1) is 12.1. The van der Waals surface area contributed by atoms with Gasteiger partial charge in [-0.15, -0.1) is 0 Å². The van der Waals surface area contributed by atoms with Crippen molar-refractivity contribution in [1.82, 2.24) is 20.2 Å². The van der Waals surface area contributed by atoms with E-state index in [1.165, 1.54) is 39.0 Å². The Kier molecular flexibility index (Phi) is 3.08. The highest BCUT2D eigenvalue weighted by Crippen LogP contribution is 2.39. The van der Waals surface area contributed by atoms with Crippen molar-refractivity contribution >= 4 is 0 Å². The van der Waals surface area contributed by atoms with Crippen molar-refractivity contribution in [3.05, 3.63) is 23.8 Å². The van der Waals surface area contributed by atoms with Crippen LogP contribution in [0, 0.1) is 12.3 Å². The van der Waals surface area contributed by atoms with Crippen molar-refractivity contribution in [2.45, 2.75) is 32.7 Å². The molecule has 0 bridgehead atoms. The van der Waals surface area contributed by atoms with Crippen molar-refractivity contribution in [3.63, 3.8) is 0 Å². The van der Waals surface area contributed by atoms with E-state index in [0.717, 1.165) is 11.4 Å². The molecule has 0 saturated carbocycles. The number of nitrogens with one attached hydrogen (secondary N) is 1. The lowest BCUT2D eigenvalue weighted by Gasteiger charge is -2.27. The SMILES string of the molecule is Cc1nccnc1C(C)N1CCC2(CCNC2)C1. The highest BCUT2D eigenvalue weighted by molar-refractivity contribution is 5.14. The molecule has 1 aromatic heterocycles. The van der Waals surface area contributed by atoms with E-state index in [0.29, 0.717) is 11.5 Å². The van der Waals surface area contributed by atoms with Crippen molar-refractivity contribution < 1.29 is 0 Å². The fraction of sp³-hybridized carbons (Fsp3) is 0.714. The zero-order valence-corrected chi connectivity index (χ0v) is 11.3. The number of rotatable bonds is 2. The molecule has 2 unspecified atom stereocenters. The van der Waals surface area contributed by atoms with Crippen LogP contribution < -0.4 is 5.32 Å². The van der Waals surface area contributed by atoms with Crippen LogP contribution in [-0.4, -0.2) is 41.0 Å². The molecule has 1 N–H and O–H groups in total. The van der Waals surface area contributed by atoms with Crippen LogP contribution in [0.25, 0.3) is 0 Å². The second kappa shape index (κ2) is 4.59. The third kappa shape index (κ3) is 2.04. The smallest absolute Gasteiger partial charge is 0.0784 e. The van der Waals surface area contributed by atoms with E-state index in [1.807, 2.05) is 6.20 Å². The summed E-state index contributed by atoms with van der Waals surface area (Å²) in [6, 6.07) is 0.388. The Morgan fingerprint density at radius 3 is 2.89 bits per heavy atom. The fourth-order valence-corrected chi connectivity index (χ4v) is 3.45. The molecule has 1 aromatic rings. The van der Waals surface area contributed by atoms with Crippen LogP contribution in [-0.2, 0) is 0 Å². The molecule has 0 amide bonds. The number of nitrogens with zero attached hydrogens (tertiary/aromatic N) is 3. The average Bonchev–Trinajstić information content (AvgIpc) is 3.00. The first-order valence-corrected chi connectivity index (χ1v) is 6.92. The molecule has 4 heteroatoms. The molecule has 2 atom stereocenters. The third-order valence-corrected chi connectivity index (χ3v) is 4.66. The molecule has 3 rings (SSSR count). The van der Waals surface area contributed by atoms with Gasteiger partial charge in [0.25, 0.3) is 0 Å². The summed E-state index contributed by atoms with van der Waals surface area (Å²) in [5.74, 6) is 0. The molecular formula is C14H22N4. The minimum atomic E-state index is 0.388. The molecule has 18 heavy (non-hydrogen) atoms. The normalized spacial score (nSPS) is 30.1. The van der Waals surface area contributed by atoms with Gasteiger partial charge in [0.2, 0.25) is 0 Å². The minimum absolute atomic E-state index is 0.388. The van der Waals surface area contributed by atoms with Gasteiger partial charge in [-0.1, -0.05) is 0 Å². The Morgan fingerprint density at radius 1 is 1.33 bits per heavy atom. The molecular weight excluding hydrogens is 224 g/mol. The lowest BCUT2D eigenvalue weighted by Crippen LogP contribution is -2.31. The summed E-state index contributed by atoms with van der Waals surface area (Å²) in [5.41, 5.74) is 2.74. The summed E-state index contributed by atoms with van der Waals surface area (Å²) in [6.45, 7) is 9.10. The van der Waals surface area contributed by atoms with Crippen molar-refractivity contribution in [2.24, 2.45) is 5.41 Å². The molecule has 2 aliphatic heterocycles. The molecule has 4 nitrogen and oxygen atoms in total. The predicted molar refractivity (Wildman–Crippen MR) is 71.3 cm³/mol. The molecule has 2 aliphatic rings. The van der Waals surface area contributed by atoms with Crippen LogP contribution in [0.3, 0.4) is 0 Å². The van der Waals surface area contributed by atoms with Crippen LogP contribution in [0.1, 0.15) is 37.2 Å². The molecule has 1 spiro atoms. The van der Waals surface area contributed by atoms with Gasteiger partial charge in [0, 0.05) is 25.5 Å². The average molecular weight is 246 g/mol. The Morgan fingerprint density at radius 2 is 2.17 bits per heavy atom.